The van der Waals surface area contributed by atoms with Crippen molar-refractivity contribution in [1.82, 2.24) is 20.2 Å². The second kappa shape index (κ2) is 10.5. The highest BCUT2D eigenvalue weighted by atomic mass is 19.1. The second-order valence-electron chi connectivity index (χ2n) is 9.48. The van der Waals surface area contributed by atoms with Crippen molar-refractivity contribution in [2.75, 3.05) is 13.1 Å². The fourth-order valence-electron chi connectivity index (χ4n) is 5.17. The number of nitrogens with one attached hydrogen (secondary N) is 1. The van der Waals surface area contributed by atoms with E-state index in [1.54, 1.807) is 6.07 Å². The van der Waals surface area contributed by atoms with E-state index in [0.717, 1.165) is 67.1 Å². The van der Waals surface area contributed by atoms with Crippen molar-refractivity contribution in [1.29, 1.82) is 0 Å². The predicted molar refractivity (Wildman–Crippen MR) is 124 cm³/mol. The van der Waals surface area contributed by atoms with E-state index in [4.69, 9.17) is 9.97 Å². The van der Waals surface area contributed by atoms with Crippen molar-refractivity contribution in [3.63, 3.8) is 0 Å². The molecule has 1 aromatic heterocycles. The van der Waals surface area contributed by atoms with Gasteiger partial charge in [-0.1, -0.05) is 37.5 Å². The third kappa shape index (κ3) is 5.71. The summed E-state index contributed by atoms with van der Waals surface area (Å²) in [5, 5.41) is 3.20. The van der Waals surface area contributed by atoms with Gasteiger partial charge in [-0.05, 0) is 52.1 Å². The molecule has 32 heavy (non-hydrogen) atoms. The summed E-state index contributed by atoms with van der Waals surface area (Å²) in [6.45, 7) is 6.38. The fraction of sp³-hybridized carbons (Fsp3) is 0.577. The van der Waals surface area contributed by atoms with Crippen LogP contribution in [0.3, 0.4) is 0 Å². The molecule has 1 aromatic carbocycles. The highest BCUT2D eigenvalue weighted by Gasteiger charge is 2.26. The third-order valence-corrected chi connectivity index (χ3v) is 6.97. The Hall–Kier alpha value is -2.34. The van der Waals surface area contributed by atoms with Gasteiger partial charge in [-0.2, -0.15) is 0 Å². The first-order valence-corrected chi connectivity index (χ1v) is 12.1. The Labute approximate surface area is 190 Å². The van der Waals surface area contributed by atoms with Crippen LogP contribution in [0.2, 0.25) is 0 Å². The lowest BCUT2D eigenvalue weighted by Crippen LogP contribution is -2.37. The molecule has 2 fully saturated rings. The fourth-order valence-corrected chi connectivity index (χ4v) is 5.17. The predicted octanol–water partition coefficient (Wildman–Crippen LogP) is 4.60. The van der Waals surface area contributed by atoms with E-state index in [9.17, 15) is 9.18 Å². The summed E-state index contributed by atoms with van der Waals surface area (Å²) in [6.07, 6.45) is 8.29. The molecule has 1 atom stereocenters. The first kappa shape index (κ1) is 22.8. The van der Waals surface area contributed by atoms with Crippen LogP contribution < -0.4 is 5.32 Å². The van der Waals surface area contributed by atoms with Crippen molar-refractivity contribution in [2.45, 2.75) is 83.7 Å². The number of likely N-dealkylation sites (tertiary alicyclic amines) is 1. The standard InChI is InChI=1S/C26H35FN4O/c1-18-23(15-25(32)30-22-11-4-3-5-12-22)19(2)29-26(28-18)21-10-8-14-31(17-21)16-20-9-6-7-13-24(20)27/h6-7,9,13,21-22H,3-5,8,10-12,14-17H2,1-2H3,(H,30,32)/t21-/m1/s1. The van der Waals surface area contributed by atoms with Crippen LogP contribution in [-0.4, -0.2) is 39.9 Å². The topological polar surface area (TPSA) is 58.1 Å². The first-order chi connectivity index (χ1) is 15.5. The number of hydrogen-bond acceptors (Lipinski definition) is 4. The molecule has 1 aliphatic heterocycles. The quantitative estimate of drug-likeness (QED) is 0.716. The van der Waals surface area contributed by atoms with Gasteiger partial charge in [0.05, 0.1) is 6.42 Å². The van der Waals surface area contributed by atoms with E-state index < -0.39 is 0 Å². The summed E-state index contributed by atoms with van der Waals surface area (Å²) in [6, 6.07) is 7.32. The van der Waals surface area contributed by atoms with Crippen LogP contribution >= 0.6 is 0 Å². The maximum atomic E-state index is 14.1. The Morgan fingerprint density at radius 3 is 2.50 bits per heavy atom. The maximum Gasteiger partial charge on any atom is 0.224 e. The van der Waals surface area contributed by atoms with Gasteiger partial charge in [0.1, 0.15) is 11.6 Å². The van der Waals surface area contributed by atoms with Gasteiger partial charge in [0.25, 0.3) is 0 Å². The Morgan fingerprint density at radius 2 is 1.78 bits per heavy atom. The molecule has 1 aliphatic carbocycles. The number of nitrogens with zero attached hydrogens (tertiary/aromatic N) is 3. The molecule has 1 saturated heterocycles. The van der Waals surface area contributed by atoms with E-state index >= 15 is 0 Å². The van der Waals surface area contributed by atoms with Crippen LogP contribution in [-0.2, 0) is 17.8 Å². The molecule has 0 spiro atoms. The maximum absolute atomic E-state index is 14.1. The molecule has 172 valence electrons. The first-order valence-electron chi connectivity index (χ1n) is 12.1. The third-order valence-electron chi connectivity index (χ3n) is 6.97. The normalized spacial score (nSPS) is 20.3. The van der Waals surface area contributed by atoms with Gasteiger partial charge in [0.2, 0.25) is 5.91 Å². The van der Waals surface area contributed by atoms with E-state index in [-0.39, 0.29) is 17.6 Å². The smallest absolute Gasteiger partial charge is 0.224 e. The molecule has 0 unspecified atom stereocenters. The number of rotatable bonds is 6. The number of aryl methyl sites for hydroxylation is 2. The molecule has 2 aromatic rings. The molecular weight excluding hydrogens is 403 g/mol. The van der Waals surface area contributed by atoms with Crippen molar-refractivity contribution in [3.05, 3.63) is 58.4 Å². The molecule has 6 heteroatoms. The summed E-state index contributed by atoms with van der Waals surface area (Å²) in [7, 11) is 0. The van der Waals surface area contributed by atoms with E-state index in [1.807, 2.05) is 26.0 Å². The summed E-state index contributed by atoms with van der Waals surface area (Å²) < 4.78 is 14.1. The number of carbonyl (C=O) groups excluding carboxylic acids is 1. The number of aromatic nitrogens is 2. The highest BCUT2D eigenvalue weighted by molar-refractivity contribution is 5.79. The molecule has 0 radical (unpaired) electrons. The number of amides is 1. The lowest BCUT2D eigenvalue weighted by molar-refractivity contribution is -0.121. The van der Waals surface area contributed by atoms with Crippen LogP contribution in [0.1, 0.15) is 79.2 Å². The largest absolute Gasteiger partial charge is 0.353 e. The minimum Gasteiger partial charge on any atom is -0.353 e. The SMILES string of the molecule is Cc1nc([C@@H]2CCCN(Cc3ccccc3F)C2)nc(C)c1CC(=O)NC1CCCCC1. The minimum absolute atomic E-state index is 0.0770. The summed E-state index contributed by atoms with van der Waals surface area (Å²) in [5.41, 5.74) is 3.48. The van der Waals surface area contributed by atoms with Gasteiger partial charge < -0.3 is 5.32 Å². The van der Waals surface area contributed by atoms with Gasteiger partial charge in [-0.3, -0.25) is 9.69 Å². The Kier molecular flexibility index (Phi) is 7.51. The number of piperidine rings is 1. The second-order valence-corrected chi connectivity index (χ2v) is 9.48. The van der Waals surface area contributed by atoms with Gasteiger partial charge in [0.15, 0.2) is 0 Å². The lowest BCUT2D eigenvalue weighted by Gasteiger charge is -2.32. The Bertz CT molecular complexity index is 918. The molecule has 4 rings (SSSR count). The van der Waals surface area contributed by atoms with Crippen LogP contribution in [0.4, 0.5) is 4.39 Å². The zero-order chi connectivity index (χ0) is 22.5. The average Bonchev–Trinajstić information content (AvgIpc) is 2.78. The van der Waals surface area contributed by atoms with Crippen molar-refractivity contribution < 1.29 is 9.18 Å². The Morgan fingerprint density at radius 1 is 1.06 bits per heavy atom. The van der Waals surface area contributed by atoms with Gasteiger partial charge in [0, 0.05) is 47.6 Å². The van der Waals surface area contributed by atoms with Crippen LogP contribution in [0.25, 0.3) is 0 Å². The van der Waals surface area contributed by atoms with Crippen molar-refractivity contribution in [3.8, 4) is 0 Å². The van der Waals surface area contributed by atoms with Crippen molar-refractivity contribution in [2.24, 2.45) is 0 Å². The Balaban J connectivity index is 1.40. The van der Waals surface area contributed by atoms with Crippen molar-refractivity contribution >= 4 is 5.91 Å². The molecule has 1 saturated carbocycles. The summed E-state index contributed by atoms with van der Waals surface area (Å²) in [4.78, 5) is 24.6. The molecule has 1 N–H and O–H groups in total. The molecule has 5 nitrogen and oxygen atoms in total. The summed E-state index contributed by atoms with van der Waals surface area (Å²) >= 11 is 0. The van der Waals surface area contributed by atoms with E-state index in [0.29, 0.717) is 19.0 Å². The number of carbonyl (C=O) groups is 1. The zero-order valence-electron chi connectivity index (χ0n) is 19.4. The van der Waals surface area contributed by atoms with Crippen LogP contribution in [0.5, 0.6) is 0 Å². The lowest BCUT2D eigenvalue weighted by atomic mass is 9.95. The van der Waals surface area contributed by atoms with Gasteiger partial charge in [-0.25, -0.2) is 14.4 Å². The molecule has 2 aliphatic rings. The minimum atomic E-state index is -0.145. The van der Waals surface area contributed by atoms with E-state index in [1.165, 1.54) is 25.3 Å². The monoisotopic (exact) mass is 438 g/mol. The summed E-state index contributed by atoms with van der Waals surface area (Å²) in [5.74, 6) is 1.02. The molecule has 1 amide bonds. The van der Waals surface area contributed by atoms with Crippen LogP contribution in [0, 0.1) is 19.7 Å². The molecule has 0 bridgehead atoms. The number of hydrogen-bond donors (Lipinski definition) is 1. The number of halogens is 1. The van der Waals surface area contributed by atoms with Crippen LogP contribution in [0.15, 0.2) is 24.3 Å². The zero-order valence-corrected chi connectivity index (χ0v) is 19.4. The van der Waals surface area contributed by atoms with Gasteiger partial charge in [-0.15, -0.1) is 0 Å². The molecular formula is C26H35FN4O. The van der Waals surface area contributed by atoms with Gasteiger partial charge >= 0.3 is 0 Å². The highest BCUT2D eigenvalue weighted by Crippen LogP contribution is 2.27. The van der Waals surface area contributed by atoms with E-state index in [2.05, 4.69) is 10.2 Å². The average molecular weight is 439 g/mol. The molecule has 2 heterocycles. The number of benzene rings is 1.